The number of benzene rings is 4. The molecule has 0 saturated carbocycles. The first-order chi connectivity index (χ1) is 15.6. The van der Waals surface area contributed by atoms with E-state index >= 15 is 0 Å². The topological polar surface area (TPSA) is 0 Å². The molecule has 0 aliphatic carbocycles. The van der Waals surface area contributed by atoms with Crippen molar-refractivity contribution in [2.45, 2.75) is 0 Å². The Morgan fingerprint density at radius 2 is 0.529 bits per heavy atom. The van der Waals surface area contributed by atoms with Crippen molar-refractivity contribution in [3.63, 3.8) is 0 Å². The van der Waals surface area contributed by atoms with Crippen molar-refractivity contribution in [3.8, 4) is 0 Å². The van der Waals surface area contributed by atoms with Crippen molar-refractivity contribution in [1.29, 1.82) is 0 Å². The molecule has 34 heavy (non-hydrogen) atoms. The van der Waals surface area contributed by atoms with Gasteiger partial charge < -0.3 is 0 Å². The molecular weight excluding hydrogens is 474 g/mol. The maximum atomic E-state index is 14.3. The summed E-state index contributed by atoms with van der Waals surface area (Å²) < 4.78 is 112. The Labute approximate surface area is 211 Å². The Morgan fingerprint density at radius 3 is 0.706 bits per heavy atom. The van der Waals surface area contributed by atoms with Crippen LogP contribution in [0.15, 0.2) is 72.8 Å². The molecule has 0 nitrogen and oxygen atoms in total. The largest absolute Gasteiger partial charge is 1.00 e. The van der Waals surface area contributed by atoms with Crippen LogP contribution in [0.3, 0.4) is 0 Å². The summed E-state index contributed by atoms with van der Waals surface area (Å²) in [6.07, 6.45) is -2.98. The Hall–Kier alpha value is -2.62. The molecule has 168 valence electrons. The van der Waals surface area contributed by atoms with E-state index in [9.17, 15) is 35.1 Å². The predicted octanol–water partition coefficient (Wildman–Crippen LogP) is 1.18. The monoisotopic (exact) mass is 486 g/mol. The smallest absolute Gasteiger partial charge is 0.204 e. The summed E-state index contributed by atoms with van der Waals surface area (Å²) in [6, 6.07) is 10.3. The van der Waals surface area contributed by atoms with Crippen LogP contribution in [0.5, 0.6) is 0 Å². The fourth-order valence-corrected chi connectivity index (χ4v) is 4.28. The third-order valence-corrected chi connectivity index (χ3v) is 5.77. The van der Waals surface area contributed by atoms with Crippen LogP contribution in [0, 0.1) is 46.5 Å². The summed E-state index contributed by atoms with van der Waals surface area (Å²) in [5.74, 6) is -10.2. The number of hydrogen-bond donors (Lipinski definition) is 0. The molecule has 4 aromatic rings. The Morgan fingerprint density at radius 1 is 0.324 bits per heavy atom. The van der Waals surface area contributed by atoms with E-state index in [1.807, 2.05) is 0 Å². The van der Waals surface area contributed by atoms with Crippen molar-refractivity contribution in [1.82, 2.24) is 0 Å². The minimum absolute atomic E-state index is 0. The molecule has 0 saturated heterocycles. The maximum absolute atomic E-state index is 14.3. The van der Waals surface area contributed by atoms with Gasteiger partial charge in [-0.2, -0.15) is 21.9 Å². The molecule has 0 aliphatic heterocycles. The van der Waals surface area contributed by atoms with Gasteiger partial charge in [0.2, 0.25) is 0 Å². The number of hydrogen-bond acceptors (Lipinski definition) is 0. The molecule has 0 spiro atoms. The van der Waals surface area contributed by atoms with E-state index in [1.165, 1.54) is 0 Å². The molecule has 4 aromatic carbocycles. The van der Waals surface area contributed by atoms with Crippen molar-refractivity contribution in [2.24, 2.45) is 0 Å². The van der Waals surface area contributed by atoms with Crippen LogP contribution in [-0.2, 0) is 0 Å². The second-order valence-electron chi connectivity index (χ2n) is 7.56. The molecule has 0 amide bonds. The summed E-state index contributed by atoms with van der Waals surface area (Å²) in [4.78, 5) is 0. The zero-order chi connectivity index (χ0) is 23.9. The molecule has 0 aromatic heterocycles. The summed E-state index contributed by atoms with van der Waals surface area (Å²) in [7, 11) is 0. The van der Waals surface area contributed by atoms with Gasteiger partial charge in [-0.05, 0) is 24.3 Å². The number of rotatable bonds is 4. The second kappa shape index (κ2) is 9.94. The van der Waals surface area contributed by atoms with Gasteiger partial charge in [-0.3, -0.25) is 0 Å². The third-order valence-electron chi connectivity index (χ3n) is 5.77. The minimum Gasteiger partial charge on any atom is -0.204 e. The van der Waals surface area contributed by atoms with E-state index in [4.69, 9.17) is 0 Å². The third kappa shape index (κ3) is 4.40. The summed E-state index contributed by atoms with van der Waals surface area (Å²) in [5.41, 5.74) is -0.400. The molecule has 0 unspecified atom stereocenters. The van der Waals surface area contributed by atoms with E-state index in [2.05, 4.69) is 0 Å². The van der Waals surface area contributed by atoms with Crippen LogP contribution >= 0.6 is 0 Å². The van der Waals surface area contributed by atoms with Crippen molar-refractivity contribution in [3.05, 3.63) is 119 Å². The molecule has 10 heteroatoms. The fourth-order valence-electron chi connectivity index (χ4n) is 4.28. The van der Waals surface area contributed by atoms with Crippen LogP contribution in [0.25, 0.3) is 0 Å². The summed E-state index contributed by atoms with van der Waals surface area (Å²) in [6.45, 7) is 0. The second-order valence-corrected chi connectivity index (χ2v) is 7.56. The average molecular weight is 486 g/mol. The zero-order valence-corrected chi connectivity index (χ0v) is 19.5. The van der Waals surface area contributed by atoms with Crippen LogP contribution in [0.4, 0.5) is 35.1 Å². The first-order valence-corrected chi connectivity index (χ1v) is 9.62. The Balaban J connectivity index is 0.00000324. The van der Waals surface area contributed by atoms with Gasteiger partial charge in [-0.25, -0.2) is 35.1 Å². The van der Waals surface area contributed by atoms with Crippen LogP contribution in [-0.4, -0.2) is 6.15 Å². The zero-order valence-electron chi connectivity index (χ0n) is 17.5. The van der Waals surface area contributed by atoms with E-state index in [1.54, 1.807) is 0 Å². The van der Waals surface area contributed by atoms with Crippen molar-refractivity contribution < 1.29 is 64.7 Å². The summed E-state index contributed by atoms with van der Waals surface area (Å²) in [5, 5.41) is 0. The number of halogens is 8. The first kappa shape index (κ1) is 26.0. The van der Waals surface area contributed by atoms with Gasteiger partial charge in [0.1, 0.15) is 6.15 Å². The molecule has 0 heterocycles. The van der Waals surface area contributed by atoms with E-state index < -0.39 is 52.7 Å². The minimum atomic E-state index is -2.98. The SMILES string of the molecule is Fc1ccc([B-](c2ccc(F)c(F)c2)(c2ccc(F)c(F)c2)c2ccc(F)c(F)c2)cc1F.[Na+]. The van der Waals surface area contributed by atoms with Crippen molar-refractivity contribution >= 4 is 28.0 Å². The molecule has 0 atom stereocenters. The van der Waals surface area contributed by atoms with E-state index in [0.29, 0.717) is 0 Å². The fraction of sp³-hybridized carbons (Fsp3) is 0. The molecule has 0 radical (unpaired) electrons. The average Bonchev–Trinajstić information content (AvgIpc) is 2.78. The molecule has 0 aliphatic rings. The van der Waals surface area contributed by atoms with Gasteiger partial charge in [0, 0.05) is 0 Å². The van der Waals surface area contributed by atoms with Gasteiger partial charge in [0.15, 0.2) is 46.5 Å². The quantitative estimate of drug-likeness (QED) is 0.301. The molecular formula is C24H12BF8Na. The Kier molecular flexibility index (Phi) is 7.60. The van der Waals surface area contributed by atoms with Crippen LogP contribution in [0.2, 0.25) is 0 Å². The van der Waals surface area contributed by atoms with Gasteiger partial charge in [0.25, 0.3) is 0 Å². The normalized spacial score (nSPS) is 11.3. The maximum Gasteiger partial charge on any atom is 1.00 e. The summed E-state index contributed by atoms with van der Waals surface area (Å²) >= 11 is 0. The van der Waals surface area contributed by atoms with Crippen LogP contribution in [0.1, 0.15) is 0 Å². The standard InChI is InChI=1S/C24H12BF8.Na/c26-17-5-1-13(9-21(17)30)25(14-2-6-18(27)22(31)10-14,15-3-7-19(28)23(32)11-15)16-4-8-20(29)24(33)12-16;/h1-12H;/q-1;+1. The van der Waals surface area contributed by atoms with E-state index in [-0.39, 0.29) is 51.4 Å². The predicted molar refractivity (Wildman–Crippen MR) is 110 cm³/mol. The Bertz CT molecular complexity index is 1160. The van der Waals surface area contributed by atoms with Gasteiger partial charge in [-0.15, -0.1) is 0 Å². The first-order valence-electron chi connectivity index (χ1n) is 9.62. The molecule has 4 rings (SSSR count). The van der Waals surface area contributed by atoms with Gasteiger partial charge >= 0.3 is 29.6 Å². The van der Waals surface area contributed by atoms with E-state index in [0.717, 1.165) is 72.8 Å². The molecule has 0 N–H and O–H groups in total. The van der Waals surface area contributed by atoms with Gasteiger partial charge in [-0.1, -0.05) is 48.5 Å². The molecule has 0 fully saturated rings. The van der Waals surface area contributed by atoms with Crippen molar-refractivity contribution in [2.75, 3.05) is 0 Å². The van der Waals surface area contributed by atoms with Crippen LogP contribution < -0.4 is 51.4 Å². The van der Waals surface area contributed by atoms with Gasteiger partial charge in [0.05, 0.1) is 0 Å². The molecule has 0 bridgehead atoms.